The van der Waals surface area contributed by atoms with Crippen molar-refractivity contribution in [3.05, 3.63) is 59.7 Å². The van der Waals surface area contributed by atoms with Gasteiger partial charge >= 0.3 is 5.97 Å². The Hall–Kier alpha value is -2.87. The van der Waals surface area contributed by atoms with E-state index in [1.807, 2.05) is 25.1 Å². The Balaban J connectivity index is 1.44. The van der Waals surface area contributed by atoms with Crippen molar-refractivity contribution in [1.29, 1.82) is 0 Å². The van der Waals surface area contributed by atoms with Crippen LogP contribution in [0.3, 0.4) is 0 Å². The van der Waals surface area contributed by atoms with Gasteiger partial charge < -0.3 is 9.64 Å². The number of esters is 1. The quantitative estimate of drug-likeness (QED) is 0.541. The summed E-state index contributed by atoms with van der Waals surface area (Å²) in [7, 11) is -3.82. The maximum atomic E-state index is 13.2. The van der Waals surface area contributed by atoms with Gasteiger partial charge in [-0.1, -0.05) is 31.2 Å². The molecule has 1 aliphatic carbocycles. The van der Waals surface area contributed by atoms with Crippen LogP contribution in [0.2, 0.25) is 0 Å². The number of carbonyl (C=O) groups excluding carboxylic acids is 2. The van der Waals surface area contributed by atoms with Gasteiger partial charge in [0.05, 0.1) is 16.1 Å². The number of anilines is 1. The summed E-state index contributed by atoms with van der Waals surface area (Å²) in [6.07, 6.45) is 3.76. The lowest BCUT2D eigenvalue weighted by Crippen LogP contribution is -2.36. The van der Waals surface area contributed by atoms with Gasteiger partial charge in [-0.2, -0.15) is 0 Å². The zero-order valence-electron chi connectivity index (χ0n) is 18.2. The molecule has 2 aromatic rings. The van der Waals surface area contributed by atoms with E-state index in [2.05, 4.69) is 0 Å². The lowest BCUT2D eigenvalue weighted by molar-refractivity contribution is -0.134. The lowest BCUT2D eigenvalue weighted by Gasteiger charge is -2.22. The van der Waals surface area contributed by atoms with Crippen molar-refractivity contribution in [2.24, 2.45) is 5.92 Å². The van der Waals surface area contributed by atoms with E-state index in [9.17, 15) is 18.0 Å². The van der Waals surface area contributed by atoms with Crippen LogP contribution in [0.5, 0.6) is 0 Å². The average molecular weight is 457 g/mol. The molecule has 0 aromatic heterocycles. The Labute approximate surface area is 189 Å². The Morgan fingerprint density at radius 3 is 2.66 bits per heavy atom. The largest absolute Gasteiger partial charge is 0.452 e. The van der Waals surface area contributed by atoms with E-state index in [4.69, 9.17) is 4.74 Å². The molecule has 0 N–H and O–H groups in total. The Kier molecular flexibility index (Phi) is 6.50. The second-order valence-electron chi connectivity index (χ2n) is 8.34. The molecule has 0 unspecified atom stereocenters. The number of amides is 1. The van der Waals surface area contributed by atoms with Gasteiger partial charge in [0.25, 0.3) is 15.9 Å². The third kappa shape index (κ3) is 4.80. The summed E-state index contributed by atoms with van der Waals surface area (Å²) >= 11 is 0. The minimum absolute atomic E-state index is 0.0244. The molecule has 32 heavy (non-hydrogen) atoms. The highest BCUT2D eigenvalue weighted by molar-refractivity contribution is 7.92. The fraction of sp³-hybridized carbons (Fsp3) is 0.417. The van der Waals surface area contributed by atoms with Gasteiger partial charge in [0.15, 0.2) is 6.61 Å². The molecule has 0 bridgehead atoms. The van der Waals surface area contributed by atoms with Crippen molar-refractivity contribution in [3.63, 3.8) is 0 Å². The van der Waals surface area contributed by atoms with E-state index >= 15 is 0 Å². The third-order valence-electron chi connectivity index (χ3n) is 5.85. The fourth-order valence-electron chi connectivity index (χ4n) is 3.97. The summed E-state index contributed by atoms with van der Waals surface area (Å²) in [5, 5.41) is 0. The van der Waals surface area contributed by atoms with E-state index in [1.54, 1.807) is 11.0 Å². The number of rotatable bonds is 9. The Bertz CT molecular complexity index is 1110. The van der Waals surface area contributed by atoms with Crippen LogP contribution >= 0.6 is 0 Å². The second-order valence-corrected chi connectivity index (χ2v) is 10.2. The van der Waals surface area contributed by atoms with Crippen LogP contribution in [-0.4, -0.2) is 51.4 Å². The fourth-order valence-corrected chi connectivity index (χ4v) is 5.52. The highest BCUT2D eigenvalue weighted by atomic mass is 32.2. The van der Waals surface area contributed by atoms with E-state index in [1.165, 1.54) is 28.6 Å². The van der Waals surface area contributed by atoms with Gasteiger partial charge in [0.1, 0.15) is 0 Å². The van der Waals surface area contributed by atoms with Gasteiger partial charge in [-0.25, -0.2) is 13.2 Å². The molecule has 0 spiro atoms. The van der Waals surface area contributed by atoms with Crippen LogP contribution in [0, 0.1) is 5.92 Å². The third-order valence-corrected chi connectivity index (χ3v) is 7.66. The molecular formula is C24H28N2O5S. The molecular weight excluding hydrogens is 428 g/mol. The SMILES string of the molecule is CCCN(CC1CC1)C(=O)COC(=O)c1cccc(S(=O)(=O)N2CCc3ccccc32)c1. The van der Waals surface area contributed by atoms with Crippen LogP contribution < -0.4 is 4.31 Å². The highest BCUT2D eigenvalue weighted by Gasteiger charge is 2.31. The molecule has 1 amide bonds. The standard InChI is InChI=1S/C24H28N2O5S/c1-2-13-25(16-18-10-11-18)23(27)17-31-24(28)20-7-5-8-21(15-20)32(29,30)26-14-12-19-6-3-4-9-22(19)26/h3-9,15,18H,2,10-14,16-17H2,1H3. The van der Waals surface area contributed by atoms with Crippen LogP contribution in [0.1, 0.15) is 42.1 Å². The summed E-state index contributed by atoms with van der Waals surface area (Å²) in [6.45, 7) is 3.36. The number of hydrogen-bond donors (Lipinski definition) is 0. The normalized spacial score (nSPS) is 15.3. The Morgan fingerprint density at radius 2 is 1.91 bits per heavy atom. The van der Waals surface area contributed by atoms with Gasteiger partial charge in [-0.05, 0) is 61.4 Å². The number of fused-ring (bicyclic) bond motifs is 1. The highest BCUT2D eigenvalue weighted by Crippen LogP contribution is 2.33. The van der Waals surface area contributed by atoms with E-state index in [0.717, 1.165) is 24.8 Å². The minimum Gasteiger partial charge on any atom is -0.452 e. The van der Waals surface area contributed by atoms with Crippen molar-refractivity contribution < 1.29 is 22.7 Å². The molecule has 1 saturated carbocycles. The molecule has 2 aromatic carbocycles. The molecule has 0 radical (unpaired) electrons. The molecule has 0 atom stereocenters. The molecule has 7 nitrogen and oxygen atoms in total. The summed E-state index contributed by atoms with van der Waals surface area (Å²) in [4.78, 5) is 26.8. The number of hydrogen-bond acceptors (Lipinski definition) is 5. The first-order valence-electron chi connectivity index (χ1n) is 11.1. The number of nitrogens with zero attached hydrogens (tertiary/aromatic N) is 2. The Morgan fingerprint density at radius 1 is 1.12 bits per heavy atom. The van der Waals surface area contributed by atoms with Crippen LogP contribution in [0.15, 0.2) is 53.4 Å². The molecule has 170 valence electrons. The van der Waals surface area contributed by atoms with E-state index < -0.39 is 16.0 Å². The zero-order chi connectivity index (χ0) is 22.7. The van der Waals surface area contributed by atoms with Gasteiger partial charge in [-0.15, -0.1) is 0 Å². The monoisotopic (exact) mass is 456 g/mol. The predicted octanol–water partition coefficient (Wildman–Crippen LogP) is 3.24. The van der Waals surface area contributed by atoms with E-state index in [-0.39, 0.29) is 23.0 Å². The second kappa shape index (κ2) is 9.32. The topological polar surface area (TPSA) is 84.0 Å². The number of carbonyl (C=O) groups is 2. The molecule has 1 fully saturated rings. The van der Waals surface area contributed by atoms with Gasteiger partial charge in [0.2, 0.25) is 0 Å². The summed E-state index contributed by atoms with van der Waals surface area (Å²) in [5.74, 6) is -0.372. The molecule has 2 aliphatic rings. The molecule has 0 saturated heterocycles. The van der Waals surface area contributed by atoms with Crippen molar-refractivity contribution in [2.45, 2.75) is 37.5 Å². The first-order chi connectivity index (χ1) is 15.4. The van der Waals surface area contributed by atoms with E-state index in [0.29, 0.717) is 37.7 Å². The number of sulfonamides is 1. The van der Waals surface area contributed by atoms with Crippen molar-refractivity contribution in [3.8, 4) is 0 Å². The number of para-hydroxylation sites is 1. The van der Waals surface area contributed by atoms with Gasteiger partial charge in [-0.3, -0.25) is 9.10 Å². The number of ether oxygens (including phenoxy) is 1. The summed E-state index contributed by atoms with van der Waals surface area (Å²) < 4.78 is 33.0. The van der Waals surface area contributed by atoms with Crippen molar-refractivity contribution >= 4 is 27.6 Å². The molecule has 1 aliphatic heterocycles. The smallest absolute Gasteiger partial charge is 0.338 e. The summed E-state index contributed by atoms with van der Waals surface area (Å²) in [5.41, 5.74) is 1.75. The zero-order valence-corrected chi connectivity index (χ0v) is 19.0. The maximum absolute atomic E-state index is 13.2. The summed E-state index contributed by atoms with van der Waals surface area (Å²) in [6, 6.07) is 13.2. The van der Waals surface area contributed by atoms with Crippen LogP contribution in [0.25, 0.3) is 0 Å². The molecule has 1 heterocycles. The first kappa shape index (κ1) is 22.3. The molecule has 8 heteroatoms. The minimum atomic E-state index is -3.82. The maximum Gasteiger partial charge on any atom is 0.338 e. The average Bonchev–Trinajstić information content (AvgIpc) is 3.51. The lowest BCUT2D eigenvalue weighted by atomic mass is 10.2. The van der Waals surface area contributed by atoms with Gasteiger partial charge in [0, 0.05) is 19.6 Å². The van der Waals surface area contributed by atoms with Crippen molar-refractivity contribution in [2.75, 3.05) is 30.5 Å². The predicted molar refractivity (Wildman–Crippen MR) is 121 cm³/mol. The number of benzene rings is 2. The first-order valence-corrected chi connectivity index (χ1v) is 12.5. The molecule has 4 rings (SSSR count). The van der Waals surface area contributed by atoms with Crippen LogP contribution in [0.4, 0.5) is 5.69 Å². The van der Waals surface area contributed by atoms with Crippen LogP contribution in [-0.2, 0) is 26.0 Å². The van der Waals surface area contributed by atoms with Crippen molar-refractivity contribution in [1.82, 2.24) is 4.90 Å².